The van der Waals surface area contributed by atoms with Gasteiger partial charge < -0.3 is 22.1 Å². The van der Waals surface area contributed by atoms with Crippen molar-refractivity contribution in [2.75, 3.05) is 22.1 Å². The molecule has 0 bridgehead atoms. The molecule has 2 amide bonds. The maximum Gasteiger partial charge on any atom is 0.229 e. The lowest BCUT2D eigenvalue weighted by Gasteiger charge is -2.10. The van der Waals surface area contributed by atoms with Gasteiger partial charge in [0.15, 0.2) is 0 Å². The number of rotatable bonds is 8. The van der Waals surface area contributed by atoms with Crippen molar-refractivity contribution in [2.45, 2.75) is 38.5 Å². The Labute approximate surface area is 331 Å². The van der Waals surface area contributed by atoms with E-state index in [2.05, 4.69) is 60.9 Å². The summed E-state index contributed by atoms with van der Waals surface area (Å²) in [5.74, 6) is 2.05. The second-order valence-corrected chi connectivity index (χ2v) is 14.7. The van der Waals surface area contributed by atoms with Crippen LogP contribution in [0.2, 0.25) is 0 Å². The van der Waals surface area contributed by atoms with Crippen LogP contribution < -0.4 is 22.1 Å². The van der Waals surface area contributed by atoms with Gasteiger partial charge >= 0.3 is 0 Å². The van der Waals surface area contributed by atoms with E-state index in [0.717, 1.165) is 79.2 Å². The molecule has 0 radical (unpaired) electrons. The molecule has 8 aromatic rings. The van der Waals surface area contributed by atoms with Crippen molar-refractivity contribution in [3.05, 3.63) is 121 Å². The number of carbonyl (C=O) groups is 2. The van der Waals surface area contributed by atoms with Gasteiger partial charge in [-0.1, -0.05) is 0 Å². The van der Waals surface area contributed by atoms with E-state index in [1.165, 1.54) is 0 Å². The number of nitrogens with zero attached hydrogens (tertiary/aromatic N) is 8. The number of nitrogen functional groups attached to an aromatic ring is 2. The van der Waals surface area contributed by atoms with Crippen LogP contribution in [0.4, 0.5) is 23.3 Å². The van der Waals surface area contributed by atoms with E-state index in [-0.39, 0.29) is 35.5 Å². The number of carbonyl (C=O) groups excluding carboxylic acids is 2. The van der Waals surface area contributed by atoms with Gasteiger partial charge in [0.25, 0.3) is 0 Å². The van der Waals surface area contributed by atoms with Crippen LogP contribution in [0.3, 0.4) is 0 Å². The Morgan fingerprint density at radius 2 is 1.09 bits per heavy atom. The first-order valence-electron chi connectivity index (χ1n) is 18.7. The predicted octanol–water partition coefficient (Wildman–Crippen LogP) is 6.10. The average Bonchev–Trinajstić information content (AvgIpc) is 4.06. The highest BCUT2D eigenvalue weighted by Crippen LogP contribution is 2.48. The van der Waals surface area contributed by atoms with Crippen LogP contribution in [-0.2, 0) is 9.59 Å². The molecule has 288 valence electrons. The molecule has 16 heteroatoms. The summed E-state index contributed by atoms with van der Waals surface area (Å²) >= 11 is 0. The normalized spacial score (nSPS) is 18.0. The van der Waals surface area contributed by atoms with Gasteiger partial charge in [-0.15, -0.1) is 0 Å². The summed E-state index contributed by atoms with van der Waals surface area (Å²) < 4.78 is 0. The quantitative estimate of drug-likeness (QED) is 0.103. The van der Waals surface area contributed by atoms with Gasteiger partial charge in [-0.25, -0.2) is 19.9 Å². The van der Waals surface area contributed by atoms with Crippen LogP contribution in [0.1, 0.15) is 46.9 Å². The van der Waals surface area contributed by atoms with Crippen molar-refractivity contribution in [1.82, 2.24) is 50.3 Å². The van der Waals surface area contributed by atoms with Crippen molar-refractivity contribution in [1.29, 1.82) is 0 Å². The third-order valence-electron chi connectivity index (χ3n) is 10.8. The fourth-order valence-corrected chi connectivity index (χ4v) is 7.30. The van der Waals surface area contributed by atoms with E-state index in [4.69, 9.17) is 11.5 Å². The van der Waals surface area contributed by atoms with E-state index < -0.39 is 0 Å². The fourth-order valence-electron chi connectivity index (χ4n) is 7.30. The molecule has 1 unspecified atom stereocenters. The maximum absolute atomic E-state index is 12.6. The molecule has 8 aromatic heterocycles. The number of nitrogens with two attached hydrogens (primary N) is 2. The number of aryl methyl sites for hydroxylation is 2. The Balaban J connectivity index is 0.000000150. The van der Waals surface area contributed by atoms with E-state index in [9.17, 15) is 9.59 Å². The molecular formula is C42H38N14O2. The number of H-pyrrole nitrogens is 2. The summed E-state index contributed by atoms with van der Waals surface area (Å²) in [6.07, 6.45) is 19.2. The molecule has 16 nitrogen and oxygen atoms in total. The Hall–Kier alpha value is -7.62. The highest BCUT2D eigenvalue weighted by molar-refractivity contribution is 6.00. The SMILES string of the molecule is Cc1ccncc1-c1cc2cc(NC(=O)C3C[C@@H]3c3cn[nH]c3)ncc2c(N)n1.Cc1ccncc1-c1cc2cc(NC(=O)[C@@H]3C[C@H]3c3cn[nH]c3)ncc2c(N)n1. The first-order valence-corrected chi connectivity index (χ1v) is 18.7. The number of aromatic nitrogens is 10. The monoisotopic (exact) mass is 770 g/mol. The summed E-state index contributed by atoms with van der Waals surface area (Å²) in [6.45, 7) is 4.01. The van der Waals surface area contributed by atoms with Crippen LogP contribution in [-0.4, -0.2) is 62.1 Å². The Morgan fingerprint density at radius 1 is 0.638 bits per heavy atom. The second kappa shape index (κ2) is 14.8. The highest BCUT2D eigenvalue weighted by Gasteiger charge is 2.45. The summed E-state index contributed by atoms with van der Waals surface area (Å²) in [6, 6.07) is 11.4. The second-order valence-electron chi connectivity index (χ2n) is 14.7. The van der Waals surface area contributed by atoms with Crippen molar-refractivity contribution in [3.63, 3.8) is 0 Å². The number of nitrogens with one attached hydrogen (secondary N) is 4. The molecular weight excluding hydrogens is 733 g/mol. The van der Waals surface area contributed by atoms with Crippen LogP contribution in [0.15, 0.2) is 98.4 Å². The molecule has 4 atom stereocenters. The molecule has 0 spiro atoms. The van der Waals surface area contributed by atoms with Crippen LogP contribution >= 0.6 is 0 Å². The van der Waals surface area contributed by atoms with Gasteiger partial charge in [0, 0.05) is 83.3 Å². The molecule has 0 aliphatic heterocycles. The van der Waals surface area contributed by atoms with Crippen molar-refractivity contribution < 1.29 is 9.59 Å². The molecule has 0 aromatic carbocycles. The van der Waals surface area contributed by atoms with Crippen molar-refractivity contribution in [2.24, 2.45) is 11.8 Å². The summed E-state index contributed by atoms with van der Waals surface area (Å²) in [4.78, 5) is 51.2. The molecule has 8 heterocycles. The number of anilines is 4. The first-order chi connectivity index (χ1) is 28.2. The summed E-state index contributed by atoms with van der Waals surface area (Å²) in [7, 11) is 0. The van der Waals surface area contributed by atoms with Crippen molar-refractivity contribution in [3.8, 4) is 22.5 Å². The summed E-state index contributed by atoms with van der Waals surface area (Å²) in [5, 5.41) is 22.6. The zero-order valence-corrected chi connectivity index (χ0v) is 31.5. The molecule has 2 saturated carbocycles. The minimum absolute atomic E-state index is 0.0339. The van der Waals surface area contributed by atoms with E-state index in [1.54, 1.807) is 49.6 Å². The van der Waals surface area contributed by atoms with E-state index in [1.807, 2.05) is 62.6 Å². The zero-order chi connectivity index (χ0) is 39.9. The largest absolute Gasteiger partial charge is 0.383 e. The standard InChI is InChI=1S/2C21H19N7O/c2*1-11-2-3-23-9-16(11)18-4-12-5-19(24-10-17(12)20(22)27-18)28-21(29)15-6-14(15)13-7-25-26-8-13/h2*2-5,7-10,14-15H,6H2,1H3,(H2,22,27)(H,25,26)(H,24,28,29)/t14-,15?;14-,15+/m10/s1. The van der Waals surface area contributed by atoms with Crippen LogP contribution in [0.25, 0.3) is 44.1 Å². The Bertz CT molecular complexity index is 2630. The molecule has 58 heavy (non-hydrogen) atoms. The van der Waals surface area contributed by atoms with Crippen molar-refractivity contribution >= 4 is 56.6 Å². The first kappa shape index (κ1) is 36.0. The Morgan fingerprint density at radius 3 is 1.48 bits per heavy atom. The molecule has 0 saturated heterocycles. The molecule has 2 aliphatic rings. The zero-order valence-electron chi connectivity index (χ0n) is 31.5. The van der Waals surface area contributed by atoms with Gasteiger partial charge in [-0.3, -0.25) is 29.8 Å². The maximum atomic E-state index is 12.6. The number of aromatic amines is 2. The average molecular weight is 771 g/mol. The van der Waals surface area contributed by atoms with Gasteiger partial charge in [0.1, 0.15) is 23.3 Å². The smallest absolute Gasteiger partial charge is 0.229 e. The fraction of sp³-hybridized carbons (Fsp3) is 0.190. The number of hydrogen-bond acceptors (Lipinski definition) is 12. The van der Waals surface area contributed by atoms with E-state index >= 15 is 0 Å². The van der Waals surface area contributed by atoms with Gasteiger partial charge in [0.05, 0.1) is 23.8 Å². The lowest BCUT2D eigenvalue weighted by molar-refractivity contribution is -0.118. The third kappa shape index (κ3) is 7.25. The number of fused-ring (bicyclic) bond motifs is 2. The van der Waals surface area contributed by atoms with Gasteiger partial charge in [-0.05, 0) is 108 Å². The van der Waals surface area contributed by atoms with Gasteiger partial charge in [0.2, 0.25) is 11.8 Å². The molecule has 8 N–H and O–H groups in total. The molecule has 2 fully saturated rings. The molecule has 10 rings (SSSR count). The number of pyridine rings is 6. The minimum atomic E-state index is -0.0544. The topological polar surface area (TPSA) is 245 Å². The predicted molar refractivity (Wildman–Crippen MR) is 220 cm³/mol. The van der Waals surface area contributed by atoms with E-state index in [0.29, 0.717) is 23.3 Å². The van der Waals surface area contributed by atoms with Gasteiger partial charge in [-0.2, -0.15) is 10.2 Å². The number of hydrogen-bond donors (Lipinski definition) is 6. The lowest BCUT2D eigenvalue weighted by atomic mass is 10.1. The molecule has 2 aliphatic carbocycles. The third-order valence-corrected chi connectivity index (χ3v) is 10.8. The van der Waals surface area contributed by atoms with Crippen LogP contribution in [0.5, 0.6) is 0 Å². The minimum Gasteiger partial charge on any atom is -0.383 e. The summed E-state index contributed by atoms with van der Waals surface area (Å²) in [5.41, 5.74) is 19.9. The lowest BCUT2D eigenvalue weighted by Crippen LogP contribution is -2.15. The highest BCUT2D eigenvalue weighted by atomic mass is 16.2. The number of amides is 2. The Kier molecular flexibility index (Phi) is 9.20. The van der Waals surface area contributed by atoms with Crippen LogP contribution in [0, 0.1) is 25.7 Å².